The van der Waals surface area contributed by atoms with Crippen molar-refractivity contribution in [2.45, 2.75) is 64.0 Å². The molecule has 1 saturated carbocycles. The fourth-order valence-electron chi connectivity index (χ4n) is 3.47. The molecule has 3 heteroatoms. The molecule has 0 aliphatic heterocycles. The second-order valence-electron chi connectivity index (χ2n) is 5.86. The highest BCUT2D eigenvalue weighted by atomic mass is 16.5. The summed E-state index contributed by atoms with van der Waals surface area (Å²) in [5.41, 5.74) is 7.53. The average Bonchev–Trinajstić information content (AvgIpc) is 2.74. The number of ether oxygens (including phenoxy) is 2. The first-order valence-corrected chi connectivity index (χ1v) is 8.34. The predicted octanol–water partition coefficient (Wildman–Crippen LogP) is 4.21. The number of benzene rings is 1. The van der Waals surface area contributed by atoms with Crippen LogP contribution in [-0.4, -0.2) is 18.8 Å². The zero-order valence-corrected chi connectivity index (χ0v) is 13.4. The van der Waals surface area contributed by atoms with E-state index in [1.165, 1.54) is 25.7 Å². The molecule has 1 aliphatic carbocycles. The molecule has 0 aromatic heterocycles. The summed E-state index contributed by atoms with van der Waals surface area (Å²) in [5, 5.41) is 0. The van der Waals surface area contributed by atoms with Gasteiger partial charge in [0.2, 0.25) is 0 Å². The predicted molar refractivity (Wildman–Crippen MR) is 86.6 cm³/mol. The van der Waals surface area contributed by atoms with E-state index < -0.39 is 0 Å². The maximum absolute atomic E-state index is 6.69. The molecule has 0 heterocycles. The Morgan fingerprint density at radius 3 is 2.33 bits per heavy atom. The van der Waals surface area contributed by atoms with Gasteiger partial charge in [-0.3, -0.25) is 0 Å². The summed E-state index contributed by atoms with van der Waals surface area (Å²) >= 11 is 0. The summed E-state index contributed by atoms with van der Waals surface area (Å²) in [5.74, 6) is 0.899. The van der Waals surface area contributed by atoms with Gasteiger partial charge in [-0.25, -0.2) is 0 Å². The highest BCUT2D eigenvalue weighted by Crippen LogP contribution is 2.41. The molecule has 0 bridgehead atoms. The lowest BCUT2D eigenvalue weighted by Gasteiger charge is -2.39. The Morgan fingerprint density at radius 2 is 1.71 bits per heavy atom. The van der Waals surface area contributed by atoms with Crippen molar-refractivity contribution >= 4 is 0 Å². The van der Waals surface area contributed by atoms with Crippen LogP contribution in [-0.2, 0) is 4.74 Å². The highest BCUT2D eigenvalue weighted by Gasteiger charge is 2.39. The smallest absolute Gasteiger partial charge is 0.124 e. The molecule has 1 aromatic rings. The summed E-state index contributed by atoms with van der Waals surface area (Å²) in [6, 6.07) is 8.00. The van der Waals surface area contributed by atoms with Crippen molar-refractivity contribution in [3.8, 4) is 5.75 Å². The van der Waals surface area contributed by atoms with Crippen molar-refractivity contribution in [3.05, 3.63) is 29.8 Å². The zero-order valence-electron chi connectivity index (χ0n) is 13.4. The van der Waals surface area contributed by atoms with Crippen molar-refractivity contribution in [1.82, 2.24) is 0 Å². The molecular weight excluding hydrogens is 262 g/mol. The van der Waals surface area contributed by atoms with Crippen LogP contribution >= 0.6 is 0 Å². The Hall–Kier alpha value is -1.06. The first kappa shape index (κ1) is 16.3. The quantitative estimate of drug-likeness (QED) is 0.798. The van der Waals surface area contributed by atoms with Gasteiger partial charge in [-0.1, -0.05) is 43.9 Å². The van der Waals surface area contributed by atoms with E-state index in [2.05, 4.69) is 13.0 Å². The average molecular weight is 291 g/mol. The maximum Gasteiger partial charge on any atom is 0.124 e. The van der Waals surface area contributed by atoms with E-state index in [1.54, 1.807) is 0 Å². The molecule has 1 atom stereocenters. The lowest BCUT2D eigenvalue weighted by atomic mass is 9.82. The fraction of sp³-hybridized carbons (Fsp3) is 0.667. The Labute approximate surface area is 128 Å². The lowest BCUT2D eigenvalue weighted by Crippen LogP contribution is -2.43. The van der Waals surface area contributed by atoms with E-state index in [-0.39, 0.29) is 11.6 Å². The minimum atomic E-state index is -0.238. The number of nitrogens with two attached hydrogens (primary N) is 1. The third kappa shape index (κ3) is 3.78. The molecule has 1 unspecified atom stereocenters. The van der Waals surface area contributed by atoms with Crippen LogP contribution in [0.3, 0.4) is 0 Å². The van der Waals surface area contributed by atoms with Gasteiger partial charge in [0, 0.05) is 12.2 Å². The standard InChI is InChI=1S/C18H29NO2/c1-3-20-16-12-8-7-11-15(16)17(19)18(21-4-2)13-9-5-6-10-14-18/h7-8,11-12,17H,3-6,9-10,13-14,19H2,1-2H3. The zero-order chi connectivity index (χ0) is 15.1. The van der Waals surface area contributed by atoms with Gasteiger partial charge in [0.1, 0.15) is 5.75 Å². The van der Waals surface area contributed by atoms with Gasteiger partial charge >= 0.3 is 0 Å². The molecular formula is C18H29NO2. The molecule has 0 saturated heterocycles. The number of hydrogen-bond donors (Lipinski definition) is 1. The molecule has 2 N–H and O–H groups in total. The Morgan fingerprint density at radius 1 is 1.05 bits per heavy atom. The Bertz CT molecular complexity index is 425. The molecule has 21 heavy (non-hydrogen) atoms. The lowest BCUT2D eigenvalue weighted by molar-refractivity contribution is -0.0700. The Balaban J connectivity index is 2.31. The summed E-state index contributed by atoms with van der Waals surface area (Å²) in [6.45, 7) is 5.44. The van der Waals surface area contributed by atoms with Crippen LogP contribution in [0.5, 0.6) is 5.75 Å². The topological polar surface area (TPSA) is 44.5 Å². The van der Waals surface area contributed by atoms with Crippen molar-refractivity contribution < 1.29 is 9.47 Å². The van der Waals surface area contributed by atoms with Crippen molar-refractivity contribution in [1.29, 1.82) is 0 Å². The number of para-hydroxylation sites is 1. The first-order valence-electron chi connectivity index (χ1n) is 8.34. The summed E-state index contributed by atoms with van der Waals surface area (Å²) < 4.78 is 12.0. The van der Waals surface area contributed by atoms with Gasteiger partial charge < -0.3 is 15.2 Å². The van der Waals surface area contributed by atoms with E-state index in [0.29, 0.717) is 13.2 Å². The third-order valence-corrected chi connectivity index (χ3v) is 4.50. The van der Waals surface area contributed by atoms with Crippen LogP contribution in [0.25, 0.3) is 0 Å². The van der Waals surface area contributed by atoms with Gasteiger partial charge in [-0.15, -0.1) is 0 Å². The monoisotopic (exact) mass is 291 g/mol. The van der Waals surface area contributed by atoms with E-state index in [0.717, 1.165) is 24.2 Å². The van der Waals surface area contributed by atoms with Crippen LogP contribution in [0.1, 0.15) is 64.0 Å². The molecule has 0 amide bonds. The molecule has 0 spiro atoms. The van der Waals surface area contributed by atoms with Crippen molar-refractivity contribution in [2.75, 3.05) is 13.2 Å². The normalized spacial score (nSPS) is 19.8. The third-order valence-electron chi connectivity index (χ3n) is 4.50. The summed E-state index contributed by atoms with van der Waals surface area (Å²) in [7, 11) is 0. The first-order chi connectivity index (χ1) is 10.2. The Kier molecular flexibility index (Phi) is 6.07. The van der Waals surface area contributed by atoms with E-state index >= 15 is 0 Å². The van der Waals surface area contributed by atoms with Crippen LogP contribution in [0, 0.1) is 0 Å². The highest BCUT2D eigenvalue weighted by molar-refractivity contribution is 5.37. The summed E-state index contributed by atoms with van der Waals surface area (Å²) in [6.07, 6.45) is 7.06. The van der Waals surface area contributed by atoms with E-state index in [1.807, 2.05) is 25.1 Å². The van der Waals surface area contributed by atoms with Crippen LogP contribution < -0.4 is 10.5 Å². The number of hydrogen-bond acceptors (Lipinski definition) is 3. The second-order valence-corrected chi connectivity index (χ2v) is 5.86. The molecule has 0 radical (unpaired) electrons. The van der Waals surface area contributed by atoms with Crippen molar-refractivity contribution in [2.24, 2.45) is 5.73 Å². The summed E-state index contributed by atoms with van der Waals surface area (Å²) in [4.78, 5) is 0. The van der Waals surface area contributed by atoms with Crippen LogP contribution in [0.4, 0.5) is 0 Å². The molecule has 3 nitrogen and oxygen atoms in total. The largest absolute Gasteiger partial charge is 0.494 e. The molecule has 1 aromatic carbocycles. The molecule has 1 fully saturated rings. The van der Waals surface area contributed by atoms with Gasteiger partial charge in [0.25, 0.3) is 0 Å². The minimum absolute atomic E-state index is 0.127. The fourth-order valence-corrected chi connectivity index (χ4v) is 3.47. The maximum atomic E-state index is 6.69. The molecule has 2 rings (SSSR count). The van der Waals surface area contributed by atoms with E-state index in [9.17, 15) is 0 Å². The molecule has 1 aliphatic rings. The number of rotatable bonds is 6. The molecule has 118 valence electrons. The van der Waals surface area contributed by atoms with Crippen LogP contribution in [0.2, 0.25) is 0 Å². The van der Waals surface area contributed by atoms with Gasteiger partial charge in [-0.2, -0.15) is 0 Å². The van der Waals surface area contributed by atoms with E-state index in [4.69, 9.17) is 15.2 Å². The minimum Gasteiger partial charge on any atom is -0.494 e. The van der Waals surface area contributed by atoms with Gasteiger partial charge in [-0.05, 0) is 32.8 Å². The van der Waals surface area contributed by atoms with Gasteiger partial charge in [0.05, 0.1) is 18.2 Å². The second kappa shape index (κ2) is 7.81. The van der Waals surface area contributed by atoms with Crippen LogP contribution in [0.15, 0.2) is 24.3 Å². The van der Waals surface area contributed by atoms with Crippen molar-refractivity contribution in [3.63, 3.8) is 0 Å². The van der Waals surface area contributed by atoms with Gasteiger partial charge in [0.15, 0.2) is 0 Å². The SMILES string of the molecule is CCOc1ccccc1C(N)C1(OCC)CCCCCC1.